The van der Waals surface area contributed by atoms with Crippen LogP contribution in [0.3, 0.4) is 0 Å². The van der Waals surface area contributed by atoms with Gasteiger partial charge < -0.3 is 10.6 Å². The quantitative estimate of drug-likeness (QED) is 0.771. The van der Waals surface area contributed by atoms with Crippen LogP contribution in [0.15, 0.2) is 29.7 Å². The predicted molar refractivity (Wildman–Crippen MR) is 61.6 cm³/mol. The van der Waals surface area contributed by atoms with Crippen LogP contribution in [0.1, 0.15) is 17.3 Å². The fraction of sp³-hybridized carbons (Fsp3) is 0.364. The summed E-state index contributed by atoms with van der Waals surface area (Å²) in [5.41, 5.74) is 5.91. The van der Waals surface area contributed by atoms with Crippen molar-refractivity contribution in [2.45, 2.75) is 12.5 Å². The lowest BCUT2D eigenvalue weighted by Gasteiger charge is -2.25. The van der Waals surface area contributed by atoms with Gasteiger partial charge in [0.2, 0.25) is 5.91 Å². The molecule has 0 spiro atoms. The summed E-state index contributed by atoms with van der Waals surface area (Å²) in [6.45, 7) is 1.48. The van der Waals surface area contributed by atoms with Gasteiger partial charge in [0.15, 0.2) is 0 Å². The lowest BCUT2D eigenvalue weighted by molar-refractivity contribution is -0.132. The first-order chi connectivity index (χ1) is 7.29. The van der Waals surface area contributed by atoms with E-state index in [-0.39, 0.29) is 5.91 Å². The van der Waals surface area contributed by atoms with Crippen LogP contribution in [-0.2, 0) is 4.79 Å². The molecule has 15 heavy (non-hydrogen) atoms. The third-order valence-electron chi connectivity index (χ3n) is 2.49. The molecule has 1 amide bonds. The van der Waals surface area contributed by atoms with E-state index in [9.17, 15) is 4.79 Å². The number of nitrogens with two attached hydrogens (primary N) is 1. The molecular weight excluding hydrogens is 208 g/mol. The second-order valence-electron chi connectivity index (χ2n) is 3.54. The van der Waals surface area contributed by atoms with Crippen molar-refractivity contribution in [2.75, 3.05) is 13.1 Å². The summed E-state index contributed by atoms with van der Waals surface area (Å²) in [5, 5.41) is 1.94. The van der Waals surface area contributed by atoms with Crippen molar-refractivity contribution >= 4 is 17.2 Å². The first kappa shape index (κ1) is 10.4. The molecule has 0 fully saturated rings. The maximum Gasteiger partial charge on any atom is 0.245 e. The van der Waals surface area contributed by atoms with Gasteiger partial charge in [-0.2, -0.15) is 0 Å². The van der Waals surface area contributed by atoms with Crippen LogP contribution in [0.5, 0.6) is 0 Å². The number of amides is 1. The Hall–Kier alpha value is -1.13. The normalized spacial score (nSPS) is 17.8. The molecule has 0 aromatic carbocycles. The molecule has 1 aromatic rings. The van der Waals surface area contributed by atoms with Gasteiger partial charge in [0.25, 0.3) is 0 Å². The molecule has 2 heterocycles. The Morgan fingerprint density at radius 3 is 3.00 bits per heavy atom. The standard InChI is InChI=1S/C11H14N2OS/c12-10(9-5-4-8-15-9)11(14)13-6-2-1-3-7-13/h1-2,4-5,8,10H,3,6-7,12H2. The molecule has 0 radical (unpaired) electrons. The highest BCUT2D eigenvalue weighted by molar-refractivity contribution is 7.10. The maximum atomic E-state index is 12.0. The van der Waals surface area contributed by atoms with Gasteiger partial charge >= 0.3 is 0 Å². The molecule has 1 atom stereocenters. The highest BCUT2D eigenvalue weighted by Gasteiger charge is 2.22. The Labute approximate surface area is 93.2 Å². The number of hydrogen-bond acceptors (Lipinski definition) is 3. The third kappa shape index (κ3) is 2.27. The molecular formula is C11H14N2OS. The first-order valence-corrected chi connectivity index (χ1v) is 5.90. The van der Waals surface area contributed by atoms with Gasteiger partial charge in [0.1, 0.15) is 6.04 Å². The molecule has 0 bridgehead atoms. The summed E-state index contributed by atoms with van der Waals surface area (Å²) < 4.78 is 0. The summed E-state index contributed by atoms with van der Waals surface area (Å²) in [4.78, 5) is 14.7. The molecule has 1 aliphatic rings. The molecule has 0 saturated carbocycles. The molecule has 0 saturated heterocycles. The lowest BCUT2D eigenvalue weighted by atomic mass is 10.2. The molecule has 4 heteroatoms. The van der Waals surface area contributed by atoms with Crippen LogP contribution >= 0.6 is 11.3 Å². The average molecular weight is 222 g/mol. The van der Waals surface area contributed by atoms with Crippen molar-refractivity contribution in [3.63, 3.8) is 0 Å². The van der Waals surface area contributed by atoms with E-state index < -0.39 is 6.04 Å². The van der Waals surface area contributed by atoms with Crippen molar-refractivity contribution in [3.05, 3.63) is 34.5 Å². The van der Waals surface area contributed by atoms with Crippen LogP contribution < -0.4 is 5.73 Å². The number of nitrogens with zero attached hydrogens (tertiary/aromatic N) is 1. The Balaban J connectivity index is 2.04. The molecule has 1 unspecified atom stereocenters. The number of rotatable bonds is 2. The Kier molecular flexibility index (Phi) is 3.18. The molecule has 1 aromatic heterocycles. The highest BCUT2D eigenvalue weighted by atomic mass is 32.1. The molecule has 80 valence electrons. The van der Waals surface area contributed by atoms with Crippen LogP contribution in [0.2, 0.25) is 0 Å². The van der Waals surface area contributed by atoms with E-state index in [1.807, 2.05) is 28.5 Å². The van der Waals surface area contributed by atoms with E-state index in [1.165, 1.54) is 11.3 Å². The fourth-order valence-corrected chi connectivity index (χ4v) is 2.35. The van der Waals surface area contributed by atoms with Gasteiger partial charge in [0.05, 0.1) is 0 Å². The minimum absolute atomic E-state index is 0.0294. The van der Waals surface area contributed by atoms with E-state index >= 15 is 0 Å². The summed E-state index contributed by atoms with van der Waals surface area (Å²) in [5.74, 6) is 0.0294. The van der Waals surface area contributed by atoms with Crippen molar-refractivity contribution in [3.8, 4) is 0 Å². The van der Waals surface area contributed by atoms with Crippen LogP contribution in [0.25, 0.3) is 0 Å². The molecule has 3 nitrogen and oxygen atoms in total. The van der Waals surface area contributed by atoms with E-state index in [4.69, 9.17) is 5.73 Å². The van der Waals surface area contributed by atoms with Crippen LogP contribution in [-0.4, -0.2) is 23.9 Å². The maximum absolute atomic E-state index is 12.0. The second-order valence-corrected chi connectivity index (χ2v) is 4.52. The number of carbonyl (C=O) groups is 1. The van der Waals surface area contributed by atoms with Crippen LogP contribution in [0.4, 0.5) is 0 Å². The Morgan fingerprint density at radius 1 is 1.53 bits per heavy atom. The van der Waals surface area contributed by atoms with Crippen molar-refractivity contribution < 1.29 is 4.79 Å². The zero-order chi connectivity index (χ0) is 10.7. The van der Waals surface area contributed by atoms with E-state index in [0.717, 1.165) is 17.8 Å². The third-order valence-corrected chi connectivity index (χ3v) is 3.44. The molecule has 1 aliphatic heterocycles. The van der Waals surface area contributed by atoms with Gasteiger partial charge in [0, 0.05) is 18.0 Å². The summed E-state index contributed by atoms with van der Waals surface area (Å²) in [6.07, 6.45) is 5.05. The van der Waals surface area contributed by atoms with E-state index in [1.54, 1.807) is 0 Å². The number of carbonyl (C=O) groups excluding carboxylic acids is 1. The lowest BCUT2D eigenvalue weighted by Crippen LogP contribution is -2.40. The Bertz CT molecular complexity index is 359. The highest BCUT2D eigenvalue weighted by Crippen LogP contribution is 2.19. The van der Waals surface area contributed by atoms with Gasteiger partial charge in [-0.15, -0.1) is 11.3 Å². The van der Waals surface area contributed by atoms with Crippen molar-refractivity contribution in [2.24, 2.45) is 5.73 Å². The largest absolute Gasteiger partial charge is 0.337 e. The monoisotopic (exact) mass is 222 g/mol. The van der Waals surface area contributed by atoms with Gasteiger partial charge in [-0.25, -0.2) is 0 Å². The molecule has 2 N–H and O–H groups in total. The average Bonchev–Trinajstić information content (AvgIpc) is 2.82. The predicted octanol–water partition coefficient (Wildman–Crippen LogP) is 1.54. The number of thiophene rings is 1. The van der Waals surface area contributed by atoms with Crippen molar-refractivity contribution in [1.29, 1.82) is 0 Å². The minimum Gasteiger partial charge on any atom is -0.337 e. The van der Waals surface area contributed by atoms with Gasteiger partial charge in [-0.1, -0.05) is 18.2 Å². The summed E-state index contributed by atoms with van der Waals surface area (Å²) >= 11 is 1.53. The SMILES string of the molecule is NC(C(=O)N1CC=CCC1)c1cccs1. The molecule has 2 rings (SSSR count). The second kappa shape index (κ2) is 4.59. The van der Waals surface area contributed by atoms with Crippen LogP contribution in [0, 0.1) is 0 Å². The summed E-state index contributed by atoms with van der Waals surface area (Å²) in [6, 6.07) is 3.34. The summed E-state index contributed by atoms with van der Waals surface area (Å²) in [7, 11) is 0. The topological polar surface area (TPSA) is 46.3 Å². The minimum atomic E-state index is -0.489. The van der Waals surface area contributed by atoms with E-state index in [2.05, 4.69) is 6.08 Å². The smallest absolute Gasteiger partial charge is 0.245 e. The number of hydrogen-bond donors (Lipinski definition) is 1. The fourth-order valence-electron chi connectivity index (χ4n) is 1.63. The van der Waals surface area contributed by atoms with Gasteiger partial charge in [-0.3, -0.25) is 4.79 Å². The first-order valence-electron chi connectivity index (χ1n) is 5.02. The van der Waals surface area contributed by atoms with Gasteiger partial charge in [-0.05, 0) is 17.9 Å². The van der Waals surface area contributed by atoms with Crippen molar-refractivity contribution in [1.82, 2.24) is 4.90 Å². The van der Waals surface area contributed by atoms with E-state index in [0.29, 0.717) is 6.54 Å². The molecule has 0 aliphatic carbocycles. The zero-order valence-electron chi connectivity index (χ0n) is 8.43. The Morgan fingerprint density at radius 2 is 2.40 bits per heavy atom. The zero-order valence-corrected chi connectivity index (χ0v) is 9.24.